The predicted molar refractivity (Wildman–Crippen MR) is 155 cm³/mol. The quantitative estimate of drug-likeness (QED) is 0.343. The largest absolute Gasteiger partial charge is 0.497 e. The van der Waals surface area contributed by atoms with Crippen LogP contribution in [0.1, 0.15) is 44.6 Å². The van der Waals surface area contributed by atoms with Crippen LogP contribution < -0.4 is 14.4 Å². The van der Waals surface area contributed by atoms with Gasteiger partial charge in [-0.1, -0.05) is 68.3 Å². The SMILES string of the molecule is CCC(C(=O)NC1CCCC1)N(Cc1ccccc1)C(=O)CN(c1ccccc1)S(=O)(=O)c1ccc(OC)cc1. The Morgan fingerprint density at radius 1 is 0.925 bits per heavy atom. The summed E-state index contributed by atoms with van der Waals surface area (Å²) >= 11 is 0. The van der Waals surface area contributed by atoms with Crippen molar-refractivity contribution in [2.45, 2.75) is 62.6 Å². The lowest BCUT2D eigenvalue weighted by molar-refractivity contribution is -0.140. The zero-order valence-electron chi connectivity index (χ0n) is 23.0. The van der Waals surface area contributed by atoms with Crippen LogP contribution in [0.4, 0.5) is 5.69 Å². The van der Waals surface area contributed by atoms with E-state index in [0.29, 0.717) is 17.9 Å². The van der Waals surface area contributed by atoms with Crippen molar-refractivity contribution in [3.05, 3.63) is 90.5 Å². The summed E-state index contributed by atoms with van der Waals surface area (Å²) in [4.78, 5) is 29.1. The van der Waals surface area contributed by atoms with Gasteiger partial charge < -0.3 is 15.0 Å². The minimum absolute atomic E-state index is 0.0329. The highest BCUT2D eigenvalue weighted by Crippen LogP contribution is 2.26. The van der Waals surface area contributed by atoms with Crippen LogP contribution in [0.5, 0.6) is 5.75 Å². The Bertz CT molecular complexity index is 1360. The number of amides is 2. The van der Waals surface area contributed by atoms with Crippen molar-refractivity contribution in [3.63, 3.8) is 0 Å². The maximum atomic E-state index is 14.1. The first kappa shape index (κ1) is 29.1. The number of methoxy groups -OCH3 is 1. The van der Waals surface area contributed by atoms with E-state index in [9.17, 15) is 18.0 Å². The Morgan fingerprint density at radius 3 is 2.10 bits per heavy atom. The predicted octanol–water partition coefficient (Wildman–Crippen LogP) is 4.76. The molecule has 0 bridgehead atoms. The van der Waals surface area contributed by atoms with Crippen molar-refractivity contribution in [2.24, 2.45) is 0 Å². The molecule has 0 heterocycles. The summed E-state index contributed by atoms with van der Waals surface area (Å²) in [5.41, 5.74) is 1.21. The zero-order chi connectivity index (χ0) is 28.5. The Balaban J connectivity index is 1.68. The minimum Gasteiger partial charge on any atom is -0.497 e. The number of anilines is 1. The summed E-state index contributed by atoms with van der Waals surface area (Å²) in [6, 6.07) is 23.4. The van der Waals surface area contributed by atoms with E-state index in [1.54, 1.807) is 42.5 Å². The molecule has 1 N–H and O–H groups in total. The Labute approximate surface area is 237 Å². The van der Waals surface area contributed by atoms with Crippen molar-refractivity contribution in [2.75, 3.05) is 18.0 Å². The third kappa shape index (κ3) is 7.01. The van der Waals surface area contributed by atoms with E-state index in [-0.39, 0.29) is 23.4 Å². The van der Waals surface area contributed by atoms with E-state index in [1.807, 2.05) is 37.3 Å². The van der Waals surface area contributed by atoms with Crippen molar-refractivity contribution in [1.29, 1.82) is 0 Å². The highest BCUT2D eigenvalue weighted by atomic mass is 32.2. The van der Waals surface area contributed by atoms with Gasteiger partial charge in [0.1, 0.15) is 18.3 Å². The fraction of sp³-hybridized carbons (Fsp3) is 0.355. The van der Waals surface area contributed by atoms with Crippen LogP contribution in [0.15, 0.2) is 89.8 Å². The molecule has 0 aliphatic heterocycles. The van der Waals surface area contributed by atoms with Gasteiger partial charge in [-0.3, -0.25) is 13.9 Å². The molecule has 0 spiro atoms. The molecule has 0 saturated heterocycles. The number of benzene rings is 3. The van der Waals surface area contributed by atoms with Gasteiger partial charge in [0.15, 0.2) is 0 Å². The Hall–Kier alpha value is -3.85. The number of carbonyl (C=O) groups excluding carboxylic acids is 2. The first-order chi connectivity index (χ1) is 19.3. The molecule has 212 valence electrons. The third-order valence-corrected chi connectivity index (χ3v) is 9.04. The second-order valence-corrected chi connectivity index (χ2v) is 11.8. The van der Waals surface area contributed by atoms with Crippen LogP contribution in [0, 0.1) is 0 Å². The van der Waals surface area contributed by atoms with E-state index < -0.39 is 28.5 Å². The number of hydrogen-bond donors (Lipinski definition) is 1. The fourth-order valence-corrected chi connectivity index (χ4v) is 6.48. The monoisotopic (exact) mass is 563 g/mol. The van der Waals surface area contributed by atoms with Gasteiger partial charge in [0.05, 0.1) is 17.7 Å². The second kappa shape index (κ2) is 13.5. The molecular weight excluding hydrogens is 526 g/mol. The molecule has 2 amide bonds. The highest BCUT2D eigenvalue weighted by Gasteiger charge is 2.34. The third-order valence-electron chi connectivity index (χ3n) is 7.25. The number of nitrogens with one attached hydrogen (secondary N) is 1. The molecule has 3 aromatic carbocycles. The number of nitrogens with zero attached hydrogens (tertiary/aromatic N) is 2. The standard InChI is InChI=1S/C31H37N3O5S/c1-3-29(31(36)32-25-14-10-11-15-25)33(22-24-12-6-4-7-13-24)30(35)23-34(26-16-8-5-9-17-26)40(37,38)28-20-18-27(39-2)19-21-28/h4-9,12-13,16-21,25,29H,3,10-11,14-15,22-23H2,1-2H3,(H,32,36). The molecule has 1 atom stereocenters. The van der Waals surface area contributed by atoms with Gasteiger partial charge >= 0.3 is 0 Å². The average Bonchev–Trinajstić information content (AvgIpc) is 3.49. The van der Waals surface area contributed by atoms with Crippen LogP contribution in [0.25, 0.3) is 0 Å². The number of sulfonamides is 1. The molecule has 40 heavy (non-hydrogen) atoms. The van der Waals surface area contributed by atoms with Crippen LogP contribution in [-0.4, -0.2) is 50.9 Å². The maximum Gasteiger partial charge on any atom is 0.264 e. The van der Waals surface area contributed by atoms with Gasteiger partial charge in [-0.15, -0.1) is 0 Å². The molecule has 1 aliphatic rings. The van der Waals surface area contributed by atoms with Crippen molar-refractivity contribution in [3.8, 4) is 5.75 Å². The second-order valence-electron chi connectivity index (χ2n) is 9.94. The number of rotatable bonds is 12. The molecule has 4 rings (SSSR count). The molecule has 1 saturated carbocycles. The van der Waals surface area contributed by atoms with Gasteiger partial charge in [-0.05, 0) is 61.2 Å². The van der Waals surface area contributed by atoms with Crippen LogP contribution in [0.2, 0.25) is 0 Å². The van der Waals surface area contributed by atoms with Gasteiger partial charge in [0.25, 0.3) is 10.0 Å². The maximum absolute atomic E-state index is 14.1. The normalized spacial score (nSPS) is 14.3. The molecule has 9 heteroatoms. The van der Waals surface area contributed by atoms with Crippen LogP contribution in [-0.2, 0) is 26.2 Å². The van der Waals surface area contributed by atoms with E-state index >= 15 is 0 Å². The van der Waals surface area contributed by atoms with Crippen LogP contribution in [0.3, 0.4) is 0 Å². The number of para-hydroxylation sites is 1. The first-order valence-electron chi connectivity index (χ1n) is 13.7. The topological polar surface area (TPSA) is 96.0 Å². The van der Waals surface area contributed by atoms with Gasteiger partial charge in [0, 0.05) is 12.6 Å². The lowest BCUT2D eigenvalue weighted by Gasteiger charge is -2.33. The average molecular weight is 564 g/mol. The smallest absolute Gasteiger partial charge is 0.264 e. The summed E-state index contributed by atoms with van der Waals surface area (Å²) in [6.45, 7) is 1.59. The van der Waals surface area contributed by atoms with Crippen molar-refractivity contribution < 1.29 is 22.7 Å². The zero-order valence-corrected chi connectivity index (χ0v) is 23.8. The summed E-state index contributed by atoms with van der Waals surface area (Å²) in [5.74, 6) is -0.143. The highest BCUT2D eigenvalue weighted by molar-refractivity contribution is 7.92. The van der Waals surface area contributed by atoms with E-state index in [0.717, 1.165) is 35.6 Å². The summed E-state index contributed by atoms with van der Waals surface area (Å²) in [5, 5.41) is 3.13. The molecule has 8 nitrogen and oxygen atoms in total. The van der Waals surface area contributed by atoms with Gasteiger partial charge in [0.2, 0.25) is 11.8 Å². The molecule has 3 aromatic rings. The van der Waals surface area contributed by atoms with Crippen molar-refractivity contribution in [1.82, 2.24) is 10.2 Å². The summed E-state index contributed by atoms with van der Waals surface area (Å²) in [7, 11) is -2.62. The minimum atomic E-state index is -4.12. The molecule has 0 radical (unpaired) electrons. The van der Waals surface area contributed by atoms with Gasteiger partial charge in [-0.25, -0.2) is 8.42 Å². The summed E-state index contributed by atoms with van der Waals surface area (Å²) < 4.78 is 34.1. The molecule has 1 unspecified atom stereocenters. The van der Waals surface area contributed by atoms with E-state index in [4.69, 9.17) is 4.74 Å². The first-order valence-corrected chi connectivity index (χ1v) is 15.1. The van der Waals surface area contributed by atoms with Crippen LogP contribution >= 0.6 is 0 Å². The lowest BCUT2D eigenvalue weighted by Crippen LogP contribution is -2.53. The van der Waals surface area contributed by atoms with E-state index in [2.05, 4.69) is 5.32 Å². The molecular formula is C31H37N3O5S. The lowest BCUT2D eigenvalue weighted by atomic mass is 10.1. The molecule has 1 aliphatic carbocycles. The number of ether oxygens (including phenoxy) is 1. The summed E-state index contributed by atoms with van der Waals surface area (Å²) in [6.07, 6.45) is 4.40. The van der Waals surface area contributed by atoms with Crippen molar-refractivity contribution >= 4 is 27.5 Å². The van der Waals surface area contributed by atoms with Gasteiger partial charge in [-0.2, -0.15) is 0 Å². The van der Waals surface area contributed by atoms with E-state index in [1.165, 1.54) is 24.1 Å². The Morgan fingerprint density at radius 2 is 1.52 bits per heavy atom. The Kier molecular flexibility index (Phi) is 9.82. The number of hydrogen-bond acceptors (Lipinski definition) is 5. The fourth-order valence-electron chi connectivity index (χ4n) is 5.07. The number of carbonyl (C=O) groups is 2. The molecule has 1 fully saturated rings. The molecule has 0 aromatic heterocycles.